The van der Waals surface area contributed by atoms with Crippen LogP contribution in [0.4, 0.5) is 11.4 Å². The lowest BCUT2D eigenvalue weighted by Gasteiger charge is -2.52. The molecule has 11 rings (SSSR count). The highest BCUT2D eigenvalue weighted by Crippen LogP contribution is 2.64. The SMILES string of the molecule is O=C1[C@@H]2[C@H](C(=O)N1/N=C\C13c4ccccc4C(c4ccccc41)[C@@H]1C(=O)N(c4ccc(Cl)cc4[N+](=O)[O-])C(=O)[C@H]13)[C@H]1C=C[C@H]2CC1. The summed E-state index contributed by atoms with van der Waals surface area (Å²) in [5, 5.41) is 17.8. The first kappa shape index (κ1) is 27.4. The zero-order chi connectivity index (χ0) is 31.6. The van der Waals surface area contributed by atoms with Crippen LogP contribution in [0.15, 0.2) is 84.0 Å². The van der Waals surface area contributed by atoms with Crippen molar-refractivity contribution in [2.45, 2.75) is 24.2 Å². The number of anilines is 1. The Balaban J connectivity index is 1.24. The molecule has 3 aromatic rings. The second-order valence-corrected chi connectivity index (χ2v) is 13.4. The normalized spacial score (nSPS) is 33.1. The summed E-state index contributed by atoms with van der Waals surface area (Å²) in [6, 6.07) is 18.9. The highest BCUT2D eigenvalue weighted by molar-refractivity contribution is 6.31. The van der Waals surface area contributed by atoms with Gasteiger partial charge < -0.3 is 0 Å². The number of hydrogen-bond donors (Lipinski definition) is 0. The quantitative estimate of drug-likeness (QED) is 0.131. The number of hydrazone groups is 1. The molecule has 11 heteroatoms. The van der Waals surface area contributed by atoms with Crippen LogP contribution in [0.1, 0.15) is 41.0 Å². The number of rotatable bonds is 4. The molecule has 3 fully saturated rings. The van der Waals surface area contributed by atoms with Gasteiger partial charge in [0.1, 0.15) is 5.69 Å². The third-order valence-electron chi connectivity index (χ3n) is 11.2. The Morgan fingerprint density at radius 2 is 1.39 bits per heavy atom. The minimum absolute atomic E-state index is 0.0153. The van der Waals surface area contributed by atoms with Gasteiger partial charge in [0.2, 0.25) is 11.8 Å². The zero-order valence-electron chi connectivity index (χ0n) is 24.2. The maximum Gasteiger partial charge on any atom is 0.294 e. The highest BCUT2D eigenvalue weighted by Gasteiger charge is 2.68. The summed E-state index contributed by atoms with van der Waals surface area (Å²) in [6.07, 6.45) is 7.29. The number of amides is 4. The average molecular weight is 633 g/mol. The lowest BCUT2D eigenvalue weighted by Crippen LogP contribution is -2.55. The molecule has 46 heavy (non-hydrogen) atoms. The number of carbonyl (C=O) groups excluding carboxylic acids is 4. The number of nitro benzene ring substituents is 1. The minimum atomic E-state index is -1.35. The second kappa shape index (κ2) is 9.29. The highest BCUT2D eigenvalue weighted by atomic mass is 35.5. The van der Waals surface area contributed by atoms with Crippen molar-refractivity contribution < 1.29 is 24.1 Å². The van der Waals surface area contributed by atoms with E-state index in [1.807, 2.05) is 60.7 Å². The molecule has 4 amide bonds. The molecular formula is C35H25ClN4O6. The number of halogens is 1. The van der Waals surface area contributed by atoms with Crippen LogP contribution < -0.4 is 4.90 Å². The fraction of sp³-hybridized carbons (Fsp3) is 0.286. The summed E-state index contributed by atoms with van der Waals surface area (Å²) < 4.78 is 0. The summed E-state index contributed by atoms with van der Waals surface area (Å²) in [5.74, 6) is -5.28. The van der Waals surface area contributed by atoms with E-state index in [1.54, 1.807) is 0 Å². The van der Waals surface area contributed by atoms with Crippen molar-refractivity contribution in [2.75, 3.05) is 4.90 Å². The van der Waals surface area contributed by atoms with Gasteiger partial charge in [0, 0.05) is 23.2 Å². The Morgan fingerprint density at radius 3 is 1.96 bits per heavy atom. The molecule has 2 heterocycles. The van der Waals surface area contributed by atoms with E-state index in [0.29, 0.717) is 0 Å². The van der Waals surface area contributed by atoms with Crippen molar-refractivity contribution in [1.29, 1.82) is 0 Å². The molecule has 0 N–H and O–H groups in total. The number of benzene rings is 3. The number of nitro groups is 1. The third-order valence-corrected chi connectivity index (χ3v) is 11.4. The molecule has 6 atom stereocenters. The van der Waals surface area contributed by atoms with E-state index < -0.39 is 57.4 Å². The fourth-order valence-corrected chi connectivity index (χ4v) is 9.61. The van der Waals surface area contributed by atoms with Crippen molar-refractivity contribution in [3.8, 4) is 0 Å². The first-order valence-electron chi connectivity index (χ1n) is 15.4. The van der Waals surface area contributed by atoms with Gasteiger partial charge in [-0.1, -0.05) is 72.3 Å². The molecule has 0 unspecified atom stereocenters. The Hall–Kier alpha value is -4.96. The van der Waals surface area contributed by atoms with Crippen molar-refractivity contribution in [1.82, 2.24) is 5.01 Å². The number of hydrogen-bond acceptors (Lipinski definition) is 7. The molecular weight excluding hydrogens is 608 g/mol. The first-order valence-corrected chi connectivity index (χ1v) is 15.7. The Kier molecular flexibility index (Phi) is 5.53. The van der Waals surface area contributed by atoms with Gasteiger partial charge in [-0.15, -0.1) is 0 Å². The maximum absolute atomic E-state index is 14.7. The predicted molar refractivity (Wildman–Crippen MR) is 166 cm³/mol. The van der Waals surface area contributed by atoms with Gasteiger partial charge in [-0.2, -0.15) is 10.1 Å². The summed E-state index contributed by atoms with van der Waals surface area (Å²) >= 11 is 6.08. The average Bonchev–Trinajstić information content (AvgIpc) is 3.50. The van der Waals surface area contributed by atoms with E-state index in [9.17, 15) is 29.3 Å². The van der Waals surface area contributed by atoms with Crippen LogP contribution in [0.3, 0.4) is 0 Å². The van der Waals surface area contributed by atoms with Gasteiger partial charge in [0.15, 0.2) is 0 Å². The number of carbonyl (C=O) groups is 4. The molecule has 0 radical (unpaired) electrons. The largest absolute Gasteiger partial charge is 0.294 e. The van der Waals surface area contributed by atoms with Crippen LogP contribution in [0.25, 0.3) is 0 Å². The fourth-order valence-electron chi connectivity index (χ4n) is 9.44. The third kappa shape index (κ3) is 3.24. The summed E-state index contributed by atoms with van der Waals surface area (Å²) in [7, 11) is 0. The molecule has 0 aromatic heterocycles. The molecule has 6 aliphatic carbocycles. The summed E-state index contributed by atoms with van der Waals surface area (Å²) in [6.45, 7) is 0. The van der Waals surface area contributed by atoms with E-state index in [0.717, 1.165) is 51.1 Å². The van der Waals surface area contributed by atoms with Crippen LogP contribution in [-0.4, -0.2) is 39.8 Å². The Morgan fingerprint density at radius 1 is 0.804 bits per heavy atom. The molecule has 8 aliphatic rings. The topological polar surface area (TPSA) is 130 Å². The molecule has 3 aromatic carbocycles. The first-order chi connectivity index (χ1) is 22.2. The van der Waals surface area contributed by atoms with Crippen molar-refractivity contribution in [3.63, 3.8) is 0 Å². The molecule has 0 spiro atoms. The maximum atomic E-state index is 14.7. The van der Waals surface area contributed by atoms with Gasteiger partial charge in [-0.3, -0.25) is 29.3 Å². The molecule has 228 valence electrons. The number of allylic oxidation sites excluding steroid dienone is 2. The van der Waals surface area contributed by atoms with E-state index in [2.05, 4.69) is 5.10 Å². The second-order valence-electron chi connectivity index (χ2n) is 13.0. The van der Waals surface area contributed by atoms with E-state index in [1.165, 1.54) is 18.3 Å². The van der Waals surface area contributed by atoms with Gasteiger partial charge in [0.25, 0.3) is 17.5 Å². The van der Waals surface area contributed by atoms with Crippen LogP contribution in [-0.2, 0) is 24.6 Å². The van der Waals surface area contributed by atoms with Crippen LogP contribution in [0, 0.1) is 45.6 Å². The zero-order valence-corrected chi connectivity index (χ0v) is 24.9. The smallest absolute Gasteiger partial charge is 0.274 e. The van der Waals surface area contributed by atoms with Crippen molar-refractivity contribution in [3.05, 3.63) is 116 Å². The molecule has 2 aliphatic heterocycles. The Labute approximate surface area is 267 Å². The minimum Gasteiger partial charge on any atom is -0.274 e. The van der Waals surface area contributed by atoms with Gasteiger partial charge in [-0.05, 0) is 59.1 Å². The van der Waals surface area contributed by atoms with Gasteiger partial charge in [-0.25, -0.2) is 4.90 Å². The molecule has 2 saturated heterocycles. The van der Waals surface area contributed by atoms with Crippen LogP contribution in [0.5, 0.6) is 0 Å². The van der Waals surface area contributed by atoms with Crippen LogP contribution in [0.2, 0.25) is 5.02 Å². The number of fused-ring (bicyclic) bond motifs is 1. The molecule has 10 nitrogen and oxygen atoms in total. The Bertz CT molecular complexity index is 1940. The summed E-state index contributed by atoms with van der Waals surface area (Å²) in [4.78, 5) is 69.0. The van der Waals surface area contributed by atoms with Crippen molar-refractivity contribution >= 4 is 52.8 Å². The standard InChI is InChI=1S/C35H25ClN4O6/c36-19-13-14-24(25(15-19)40(45)46)38-31(41)29-28-20-5-1-3-7-22(20)35(30(29)34(38)44,23-8-4-2-6-21(23)28)16-37-39-32(42)26-17-9-10-18(12-11-17)27(26)33(39)43/h1-10,13-18,26-30H,11-12H2/b37-16-/t17-,18-,26-,27+,28?,29-,30-,35?/m0/s1. The van der Waals surface area contributed by atoms with E-state index in [-0.39, 0.29) is 34.4 Å². The molecule has 1 saturated carbocycles. The van der Waals surface area contributed by atoms with Crippen molar-refractivity contribution in [2.24, 2.45) is 40.6 Å². The van der Waals surface area contributed by atoms with Gasteiger partial charge in [0.05, 0.1) is 34.0 Å². The summed E-state index contributed by atoms with van der Waals surface area (Å²) in [5.41, 5.74) is 1.19. The number of imide groups is 2. The monoisotopic (exact) mass is 632 g/mol. The lowest BCUT2D eigenvalue weighted by molar-refractivity contribution is -0.384. The van der Waals surface area contributed by atoms with Crippen LogP contribution >= 0.6 is 11.6 Å². The lowest BCUT2D eigenvalue weighted by atomic mass is 9.47. The molecule has 4 bridgehead atoms. The van der Waals surface area contributed by atoms with Gasteiger partial charge >= 0.3 is 0 Å². The number of nitrogens with zero attached hydrogens (tertiary/aromatic N) is 4. The predicted octanol–water partition coefficient (Wildman–Crippen LogP) is 4.98. The van der Waals surface area contributed by atoms with E-state index >= 15 is 0 Å². The van der Waals surface area contributed by atoms with E-state index in [4.69, 9.17) is 11.6 Å².